The standard InChI is InChI=1S/C17H14F3N3O3/c18-17(19,20)16(25)10-14(12-6-8-21-9-7-12)22-23(16)15(24)11-26-13-4-2-1-3-5-13/h1-9,25H,10-11H2/t16-/m1/s1. The Morgan fingerprint density at radius 2 is 1.85 bits per heavy atom. The van der Waals surface area contributed by atoms with Crippen molar-refractivity contribution in [2.24, 2.45) is 5.10 Å². The molecule has 0 aliphatic carbocycles. The van der Waals surface area contributed by atoms with Crippen LogP contribution in [0.5, 0.6) is 5.75 Å². The average molecular weight is 365 g/mol. The number of carbonyl (C=O) groups excluding carboxylic acids is 1. The minimum absolute atomic E-state index is 0.0473. The van der Waals surface area contributed by atoms with Gasteiger partial charge in [-0.1, -0.05) is 18.2 Å². The Bertz CT molecular complexity index is 812. The summed E-state index contributed by atoms with van der Waals surface area (Å²) in [7, 11) is 0. The SMILES string of the molecule is O=C(COc1ccccc1)N1N=C(c2ccncc2)C[C@@]1(O)C(F)(F)F. The Morgan fingerprint density at radius 3 is 2.46 bits per heavy atom. The summed E-state index contributed by atoms with van der Waals surface area (Å²) in [6, 6.07) is 11.0. The molecule has 1 aliphatic rings. The molecule has 26 heavy (non-hydrogen) atoms. The van der Waals surface area contributed by atoms with Crippen LogP contribution in [0.15, 0.2) is 60.0 Å². The van der Waals surface area contributed by atoms with Crippen molar-refractivity contribution in [1.82, 2.24) is 9.99 Å². The summed E-state index contributed by atoms with van der Waals surface area (Å²) >= 11 is 0. The maximum Gasteiger partial charge on any atom is 0.438 e. The van der Waals surface area contributed by atoms with E-state index in [1.54, 1.807) is 30.3 Å². The van der Waals surface area contributed by atoms with Gasteiger partial charge in [0.2, 0.25) is 0 Å². The van der Waals surface area contributed by atoms with Gasteiger partial charge in [-0.05, 0) is 24.3 Å². The summed E-state index contributed by atoms with van der Waals surface area (Å²) in [5, 5.41) is 13.9. The number of ether oxygens (including phenoxy) is 1. The normalized spacial score (nSPS) is 20.0. The van der Waals surface area contributed by atoms with Crippen LogP contribution in [0.1, 0.15) is 12.0 Å². The summed E-state index contributed by atoms with van der Waals surface area (Å²) in [6.07, 6.45) is -3.20. The molecule has 0 bridgehead atoms. The molecule has 2 heterocycles. The Labute approximate surface area is 146 Å². The second kappa shape index (κ2) is 6.75. The zero-order valence-electron chi connectivity index (χ0n) is 13.3. The fraction of sp³-hybridized carbons (Fsp3) is 0.235. The van der Waals surface area contributed by atoms with Crippen molar-refractivity contribution >= 4 is 11.6 Å². The summed E-state index contributed by atoms with van der Waals surface area (Å²) in [5.74, 6) is -0.799. The van der Waals surface area contributed by atoms with Crippen molar-refractivity contribution in [2.45, 2.75) is 18.3 Å². The first-order chi connectivity index (χ1) is 12.3. The van der Waals surface area contributed by atoms with Crippen molar-refractivity contribution in [3.8, 4) is 5.75 Å². The van der Waals surface area contributed by atoms with E-state index in [1.165, 1.54) is 24.5 Å². The number of hydrogen-bond donors (Lipinski definition) is 1. The van der Waals surface area contributed by atoms with E-state index in [4.69, 9.17) is 4.74 Å². The van der Waals surface area contributed by atoms with Crippen molar-refractivity contribution in [2.75, 3.05) is 6.61 Å². The molecule has 0 spiro atoms. The van der Waals surface area contributed by atoms with Gasteiger partial charge in [0.05, 0.1) is 12.1 Å². The van der Waals surface area contributed by atoms with Crippen LogP contribution in [0, 0.1) is 0 Å². The van der Waals surface area contributed by atoms with Crippen LogP contribution in [-0.2, 0) is 4.79 Å². The molecule has 1 aromatic heterocycles. The van der Waals surface area contributed by atoms with E-state index in [2.05, 4.69) is 10.1 Å². The third-order valence-electron chi connectivity index (χ3n) is 3.79. The van der Waals surface area contributed by atoms with E-state index in [9.17, 15) is 23.1 Å². The topological polar surface area (TPSA) is 75.0 Å². The number of alkyl halides is 3. The molecule has 1 atom stereocenters. The molecule has 0 unspecified atom stereocenters. The van der Waals surface area contributed by atoms with E-state index >= 15 is 0 Å². The fourth-order valence-corrected chi connectivity index (χ4v) is 2.46. The lowest BCUT2D eigenvalue weighted by molar-refractivity contribution is -0.302. The number of amides is 1. The van der Waals surface area contributed by atoms with Crippen LogP contribution in [0.2, 0.25) is 0 Å². The second-order valence-corrected chi connectivity index (χ2v) is 5.58. The zero-order chi connectivity index (χ0) is 18.8. The molecule has 1 aliphatic heterocycles. The number of aromatic nitrogens is 1. The molecule has 136 valence electrons. The number of pyridine rings is 1. The Morgan fingerprint density at radius 1 is 1.19 bits per heavy atom. The van der Waals surface area contributed by atoms with Gasteiger partial charge in [0, 0.05) is 18.0 Å². The van der Waals surface area contributed by atoms with Crippen LogP contribution in [0.3, 0.4) is 0 Å². The average Bonchev–Trinajstić information content (AvgIpc) is 3.00. The quantitative estimate of drug-likeness (QED) is 0.903. The van der Waals surface area contributed by atoms with Gasteiger partial charge in [-0.2, -0.15) is 23.3 Å². The smallest absolute Gasteiger partial charge is 0.438 e. The number of nitrogens with zero attached hydrogens (tertiary/aromatic N) is 3. The first-order valence-corrected chi connectivity index (χ1v) is 7.59. The Hall–Kier alpha value is -2.94. The van der Waals surface area contributed by atoms with Gasteiger partial charge in [-0.15, -0.1) is 0 Å². The number of carbonyl (C=O) groups is 1. The molecule has 1 N–H and O–H groups in total. The van der Waals surface area contributed by atoms with Gasteiger partial charge in [0.25, 0.3) is 11.6 Å². The summed E-state index contributed by atoms with van der Waals surface area (Å²) in [6.45, 7) is -0.699. The number of hydrazone groups is 1. The molecular formula is C17H14F3N3O3. The minimum atomic E-state index is -5.09. The maximum absolute atomic E-state index is 13.4. The zero-order valence-corrected chi connectivity index (χ0v) is 13.3. The molecule has 0 radical (unpaired) electrons. The van der Waals surface area contributed by atoms with Crippen molar-refractivity contribution < 1.29 is 27.8 Å². The first kappa shape index (κ1) is 17.9. The van der Waals surface area contributed by atoms with Gasteiger partial charge in [0.1, 0.15) is 5.75 Å². The minimum Gasteiger partial charge on any atom is -0.484 e. The number of rotatable bonds is 4. The predicted octanol–water partition coefficient (Wildman–Crippen LogP) is 2.35. The maximum atomic E-state index is 13.4. The van der Waals surface area contributed by atoms with Crippen LogP contribution in [0.25, 0.3) is 0 Å². The van der Waals surface area contributed by atoms with Crippen molar-refractivity contribution in [1.29, 1.82) is 0 Å². The van der Waals surface area contributed by atoms with E-state index in [0.29, 0.717) is 11.3 Å². The van der Waals surface area contributed by atoms with Crippen LogP contribution >= 0.6 is 0 Å². The van der Waals surface area contributed by atoms with Gasteiger partial charge in [-0.3, -0.25) is 9.78 Å². The number of hydrogen-bond acceptors (Lipinski definition) is 5. The predicted molar refractivity (Wildman–Crippen MR) is 85.2 cm³/mol. The van der Waals surface area contributed by atoms with Gasteiger partial charge >= 0.3 is 6.18 Å². The van der Waals surface area contributed by atoms with Crippen LogP contribution < -0.4 is 4.74 Å². The summed E-state index contributed by atoms with van der Waals surface area (Å²) < 4.78 is 45.5. The lowest BCUT2D eigenvalue weighted by atomic mass is 10.0. The number of benzene rings is 1. The van der Waals surface area contributed by atoms with Gasteiger partial charge < -0.3 is 9.84 Å². The van der Waals surface area contributed by atoms with Crippen LogP contribution in [0.4, 0.5) is 13.2 Å². The molecular weight excluding hydrogens is 351 g/mol. The highest BCUT2D eigenvalue weighted by atomic mass is 19.4. The molecule has 1 aromatic carbocycles. The Kier molecular flexibility index (Phi) is 4.64. The third kappa shape index (κ3) is 3.38. The molecule has 3 rings (SSSR count). The van der Waals surface area contributed by atoms with Gasteiger partial charge in [-0.25, -0.2) is 0 Å². The van der Waals surface area contributed by atoms with E-state index in [0.717, 1.165) is 0 Å². The van der Waals surface area contributed by atoms with Crippen molar-refractivity contribution in [3.63, 3.8) is 0 Å². The fourth-order valence-electron chi connectivity index (χ4n) is 2.46. The molecule has 0 fully saturated rings. The molecule has 0 saturated heterocycles. The third-order valence-corrected chi connectivity index (χ3v) is 3.79. The highest BCUT2D eigenvalue weighted by Gasteiger charge is 2.63. The lowest BCUT2D eigenvalue weighted by Crippen LogP contribution is -2.57. The van der Waals surface area contributed by atoms with Gasteiger partial charge in [0.15, 0.2) is 6.61 Å². The Balaban J connectivity index is 1.85. The largest absolute Gasteiger partial charge is 0.484 e. The number of halogens is 3. The lowest BCUT2D eigenvalue weighted by Gasteiger charge is -2.32. The number of aliphatic hydroxyl groups is 1. The van der Waals surface area contributed by atoms with Crippen molar-refractivity contribution in [3.05, 3.63) is 60.4 Å². The summed E-state index contributed by atoms with van der Waals surface area (Å²) in [5.41, 5.74) is -3.16. The molecule has 2 aromatic rings. The highest BCUT2D eigenvalue weighted by Crippen LogP contribution is 2.41. The molecule has 0 saturated carbocycles. The van der Waals surface area contributed by atoms with E-state index < -0.39 is 30.8 Å². The number of para-hydroxylation sites is 1. The summed E-state index contributed by atoms with van der Waals surface area (Å²) in [4.78, 5) is 16.1. The van der Waals surface area contributed by atoms with E-state index in [-0.39, 0.29) is 10.7 Å². The van der Waals surface area contributed by atoms with Crippen LogP contribution in [-0.4, -0.2) is 45.2 Å². The molecule has 1 amide bonds. The highest BCUT2D eigenvalue weighted by molar-refractivity contribution is 6.03. The van der Waals surface area contributed by atoms with E-state index in [1.807, 2.05) is 0 Å². The second-order valence-electron chi connectivity index (χ2n) is 5.58. The monoisotopic (exact) mass is 365 g/mol. The molecule has 9 heteroatoms. The molecule has 6 nitrogen and oxygen atoms in total. The first-order valence-electron chi connectivity index (χ1n) is 7.59.